The number of methoxy groups -OCH3 is 1. The third kappa shape index (κ3) is 3.09. The lowest BCUT2D eigenvalue weighted by molar-refractivity contribution is -0.144. The van der Waals surface area contributed by atoms with Crippen molar-refractivity contribution in [1.29, 1.82) is 0 Å². The van der Waals surface area contributed by atoms with Crippen LogP contribution in [0.5, 0.6) is 17.2 Å². The van der Waals surface area contributed by atoms with E-state index in [-0.39, 0.29) is 12.4 Å². The summed E-state index contributed by atoms with van der Waals surface area (Å²) >= 11 is 0. The van der Waals surface area contributed by atoms with Crippen molar-refractivity contribution in [2.45, 2.75) is 12.3 Å². The van der Waals surface area contributed by atoms with Crippen molar-refractivity contribution in [3.8, 4) is 17.2 Å². The van der Waals surface area contributed by atoms with E-state index in [0.717, 1.165) is 4.90 Å². The van der Waals surface area contributed by atoms with Gasteiger partial charge >= 0.3 is 6.18 Å². The van der Waals surface area contributed by atoms with E-state index in [2.05, 4.69) is 5.32 Å². The summed E-state index contributed by atoms with van der Waals surface area (Å²) in [5, 5.41) is 3.01. The summed E-state index contributed by atoms with van der Waals surface area (Å²) in [7, 11) is 1.42. The van der Waals surface area contributed by atoms with Crippen molar-refractivity contribution in [3.05, 3.63) is 47.5 Å². The van der Waals surface area contributed by atoms with E-state index in [0.29, 0.717) is 28.5 Å². The van der Waals surface area contributed by atoms with Crippen molar-refractivity contribution in [2.24, 2.45) is 0 Å². The molecule has 0 aromatic heterocycles. The maximum atomic E-state index is 13.2. The quantitative estimate of drug-likeness (QED) is 0.883. The normalized spacial score (nSPS) is 18.1. The minimum Gasteiger partial charge on any atom is -0.493 e. The van der Waals surface area contributed by atoms with Gasteiger partial charge in [-0.3, -0.25) is 4.79 Å². The monoisotopic (exact) mass is 380 g/mol. The SMILES string of the molecule is COc1cc([C@@H]2Nc3ccccc3C(=O)N2CC(F)(F)F)cc2c1OCO2. The van der Waals surface area contributed by atoms with Gasteiger partial charge < -0.3 is 24.4 Å². The van der Waals surface area contributed by atoms with Crippen LogP contribution in [0.3, 0.4) is 0 Å². The first-order valence-electron chi connectivity index (χ1n) is 8.08. The molecular formula is C18H15F3N2O4. The molecule has 0 spiro atoms. The molecule has 142 valence electrons. The Hall–Kier alpha value is -3.10. The first kappa shape index (κ1) is 17.3. The van der Waals surface area contributed by atoms with E-state index >= 15 is 0 Å². The number of fused-ring (bicyclic) bond motifs is 2. The minimum atomic E-state index is -4.55. The molecule has 0 saturated heterocycles. The second kappa shape index (κ2) is 6.26. The Kier molecular flexibility index (Phi) is 4.01. The second-order valence-electron chi connectivity index (χ2n) is 6.10. The Morgan fingerprint density at radius 2 is 2.04 bits per heavy atom. The van der Waals surface area contributed by atoms with Crippen LogP contribution in [-0.2, 0) is 0 Å². The molecule has 2 aliphatic heterocycles. The first-order chi connectivity index (χ1) is 12.9. The summed E-state index contributed by atoms with van der Waals surface area (Å²) in [6, 6.07) is 9.53. The van der Waals surface area contributed by atoms with E-state index in [1.807, 2.05) is 0 Å². The molecule has 4 rings (SSSR count). The minimum absolute atomic E-state index is 0.0126. The van der Waals surface area contributed by atoms with Crippen LogP contribution in [0.15, 0.2) is 36.4 Å². The molecule has 2 heterocycles. The predicted octanol–water partition coefficient (Wildman–Crippen LogP) is 3.55. The molecule has 9 heteroatoms. The van der Waals surface area contributed by atoms with Gasteiger partial charge in [0.05, 0.1) is 12.7 Å². The molecule has 1 amide bonds. The Bertz CT molecular complexity index is 901. The third-order valence-corrected chi connectivity index (χ3v) is 4.37. The molecule has 1 atom stereocenters. The van der Waals surface area contributed by atoms with Crippen molar-refractivity contribution in [1.82, 2.24) is 4.90 Å². The average molecular weight is 380 g/mol. The van der Waals surface area contributed by atoms with Crippen LogP contribution in [-0.4, -0.2) is 37.4 Å². The summed E-state index contributed by atoms with van der Waals surface area (Å²) in [5.41, 5.74) is 1.04. The topological polar surface area (TPSA) is 60.0 Å². The van der Waals surface area contributed by atoms with Crippen LogP contribution >= 0.6 is 0 Å². The summed E-state index contributed by atoms with van der Waals surface area (Å²) in [6.45, 7) is -1.41. The fourth-order valence-electron chi connectivity index (χ4n) is 3.22. The highest BCUT2D eigenvalue weighted by Crippen LogP contribution is 2.45. The van der Waals surface area contributed by atoms with Crippen LogP contribution < -0.4 is 19.5 Å². The van der Waals surface area contributed by atoms with Crippen LogP contribution in [0.2, 0.25) is 0 Å². The summed E-state index contributed by atoms with van der Waals surface area (Å²) in [5.74, 6) is 0.346. The highest BCUT2D eigenvalue weighted by Gasteiger charge is 2.41. The lowest BCUT2D eigenvalue weighted by Crippen LogP contribution is -2.47. The summed E-state index contributed by atoms with van der Waals surface area (Å²) in [6.07, 6.45) is -5.60. The van der Waals surface area contributed by atoms with Gasteiger partial charge in [-0.25, -0.2) is 0 Å². The zero-order valence-corrected chi connectivity index (χ0v) is 14.2. The van der Waals surface area contributed by atoms with Crippen molar-refractivity contribution < 1.29 is 32.2 Å². The number of anilines is 1. The third-order valence-electron chi connectivity index (χ3n) is 4.37. The highest BCUT2D eigenvalue weighted by atomic mass is 19.4. The molecule has 27 heavy (non-hydrogen) atoms. The predicted molar refractivity (Wildman–Crippen MR) is 89.0 cm³/mol. The van der Waals surface area contributed by atoms with Crippen molar-refractivity contribution in [3.63, 3.8) is 0 Å². The van der Waals surface area contributed by atoms with Crippen molar-refractivity contribution >= 4 is 11.6 Å². The Labute approximate surface area is 152 Å². The number of halogens is 3. The number of rotatable bonds is 3. The fourth-order valence-corrected chi connectivity index (χ4v) is 3.22. The molecule has 0 saturated carbocycles. The van der Waals surface area contributed by atoms with Gasteiger partial charge in [-0.1, -0.05) is 12.1 Å². The second-order valence-corrected chi connectivity index (χ2v) is 6.10. The Morgan fingerprint density at radius 3 is 2.78 bits per heavy atom. The average Bonchev–Trinajstić information content (AvgIpc) is 3.11. The molecule has 2 aromatic rings. The number of carbonyl (C=O) groups is 1. The maximum absolute atomic E-state index is 13.2. The lowest BCUT2D eigenvalue weighted by atomic mass is 10.0. The summed E-state index contributed by atoms with van der Waals surface area (Å²) < 4.78 is 55.4. The molecule has 0 fully saturated rings. The van der Waals surface area contributed by atoms with E-state index in [1.165, 1.54) is 19.2 Å². The van der Waals surface area contributed by atoms with Gasteiger partial charge in [0.25, 0.3) is 5.91 Å². The van der Waals surface area contributed by atoms with Gasteiger partial charge in [0.2, 0.25) is 12.5 Å². The number of nitrogens with zero attached hydrogens (tertiary/aromatic N) is 1. The number of hydrogen-bond acceptors (Lipinski definition) is 5. The zero-order chi connectivity index (χ0) is 19.2. The van der Waals surface area contributed by atoms with E-state index in [4.69, 9.17) is 14.2 Å². The number of carbonyl (C=O) groups excluding carboxylic acids is 1. The lowest BCUT2D eigenvalue weighted by Gasteiger charge is -2.38. The Balaban J connectivity index is 1.81. The number of alkyl halides is 3. The van der Waals surface area contributed by atoms with E-state index in [1.54, 1.807) is 24.3 Å². The first-order valence-corrected chi connectivity index (χ1v) is 8.08. The molecule has 0 radical (unpaired) electrons. The molecule has 0 aliphatic carbocycles. The number of hydrogen-bond donors (Lipinski definition) is 1. The number of benzene rings is 2. The molecule has 2 aromatic carbocycles. The van der Waals surface area contributed by atoms with Crippen LogP contribution in [0, 0.1) is 0 Å². The zero-order valence-electron chi connectivity index (χ0n) is 14.2. The molecule has 2 aliphatic rings. The van der Waals surface area contributed by atoms with Gasteiger partial charge in [0, 0.05) is 11.3 Å². The number of nitrogens with one attached hydrogen (secondary N) is 1. The fraction of sp³-hybridized carbons (Fsp3) is 0.278. The van der Waals surface area contributed by atoms with Gasteiger partial charge in [0.1, 0.15) is 12.7 Å². The summed E-state index contributed by atoms with van der Waals surface area (Å²) in [4.78, 5) is 13.5. The smallest absolute Gasteiger partial charge is 0.406 e. The van der Waals surface area contributed by atoms with Crippen molar-refractivity contribution in [2.75, 3.05) is 25.8 Å². The molecule has 0 bridgehead atoms. The Morgan fingerprint density at radius 1 is 1.26 bits per heavy atom. The molecular weight excluding hydrogens is 365 g/mol. The molecule has 1 N–H and O–H groups in total. The molecule has 0 unspecified atom stereocenters. The largest absolute Gasteiger partial charge is 0.493 e. The highest BCUT2D eigenvalue weighted by molar-refractivity contribution is 6.01. The van der Waals surface area contributed by atoms with Gasteiger partial charge in [-0.05, 0) is 24.3 Å². The number of amides is 1. The van der Waals surface area contributed by atoms with Gasteiger partial charge in [-0.15, -0.1) is 0 Å². The standard InChI is InChI=1S/C18H15F3N2O4/c1-25-13-6-10(7-14-15(13)27-9-26-14)16-22-12-5-3-2-4-11(12)17(24)23(16)8-18(19,20)21/h2-7,16,22H,8-9H2,1H3/t16-/m1/s1. The maximum Gasteiger partial charge on any atom is 0.406 e. The van der Waals surface area contributed by atoms with Crippen LogP contribution in [0.25, 0.3) is 0 Å². The number of ether oxygens (including phenoxy) is 3. The number of para-hydroxylation sites is 1. The van der Waals surface area contributed by atoms with Crippen LogP contribution in [0.4, 0.5) is 18.9 Å². The van der Waals surface area contributed by atoms with E-state index < -0.39 is 24.8 Å². The van der Waals surface area contributed by atoms with Gasteiger partial charge in [-0.2, -0.15) is 13.2 Å². The van der Waals surface area contributed by atoms with Crippen LogP contribution in [0.1, 0.15) is 22.1 Å². The molecule has 6 nitrogen and oxygen atoms in total. The van der Waals surface area contributed by atoms with Gasteiger partial charge in [0.15, 0.2) is 11.5 Å². The van der Waals surface area contributed by atoms with E-state index in [9.17, 15) is 18.0 Å².